The van der Waals surface area contributed by atoms with Gasteiger partial charge >= 0.3 is 6.09 Å². The third-order valence-electron chi connectivity index (χ3n) is 2.48. The summed E-state index contributed by atoms with van der Waals surface area (Å²) >= 11 is 0. The SMILES string of the molecule is CC(=O)N[C@H]1[C@@H](OC(N)=O)O[C@H](CO)[C@@H](O)[C@@H]1O. The summed E-state index contributed by atoms with van der Waals surface area (Å²) < 4.78 is 9.62. The van der Waals surface area contributed by atoms with Gasteiger partial charge in [0.15, 0.2) is 0 Å². The molecule has 0 aromatic carbocycles. The molecule has 0 unspecified atom stereocenters. The summed E-state index contributed by atoms with van der Waals surface area (Å²) in [6.45, 7) is 0.586. The Labute approximate surface area is 102 Å². The molecule has 9 nitrogen and oxygen atoms in total. The van der Waals surface area contributed by atoms with E-state index in [1.807, 2.05) is 0 Å². The van der Waals surface area contributed by atoms with Crippen LogP contribution in [0.1, 0.15) is 6.92 Å². The molecule has 0 bridgehead atoms. The molecule has 0 spiro atoms. The van der Waals surface area contributed by atoms with Crippen molar-refractivity contribution in [2.75, 3.05) is 6.61 Å². The first-order valence-corrected chi connectivity index (χ1v) is 5.22. The first kappa shape index (κ1) is 14.6. The number of nitrogens with one attached hydrogen (secondary N) is 1. The van der Waals surface area contributed by atoms with Crippen LogP contribution in [0.5, 0.6) is 0 Å². The average Bonchev–Trinajstić information content (AvgIpc) is 2.27. The van der Waals surface area contributed by atoms with Gasteiger partial charge in [0.25, 0.3) is 0 Å². The molecular formula is C9H16N2O7. The number of rotatable bonds is 3. The van der Waals surface area contributed by atoms with E-state index in [2.05, 4.69) is 10.1 Å². The Balaban J connectivity index is 2.86. The zero-order chi connectivity index (χ0) is 13.9. The van der Waals surface area contributed by atoms with Crippen LogP contribution in [0.15, 0.2) is 0 Å². The maximum atomic E-state index is 11.0. The van der Waals surface area contributed by atoms with Crippen LogP contribution in [0, 0.1) is 0 Å². The lowest BCUT2D eigenvalue weighted by atomic mass is 9.97. The highest BCUT2D eigenvalue weighted by Gasteiger charge is 2.46. The Morgan fingerprint density at radius 2 is 2.00 bits per heavy atom. The smallest absolute Gasteiger partial charge is 0.406 e. The Kier molecular flexibility index (Phi) is 4.84. The van der Waals surface area contributed by atoms with Crippen LogP contribution in [0.3, 0.4) is 0 Å². The first-order valence-electron chi connectivity index (χ1n) is 5.22. The monoisotopic (exact) mass is 264 g/mol. The number of amides is 2. The maximum absolute atomic E-state index is 11.0. The normalized spacial score (nSPS) is 35.9. The molecule has 1 fully saturated rings. The number of ether oxygens (including phenoxy) is 2. The van der Waals surface area contributed by atoms with E-state index in [0.29, 0.717) is 0 Å². The van der Waals surface area contributed by atoms with Crippen molar-refractivity contribution in [3.63, 3.8) is 0 Å². The van der Waals surface area contributed by atoms with E-state index >= 15 is 0 Å². The lowest BCUT2D eigenvalue weighted by Gasteiger charge is -2.41. The third kappa shape index (κ3) is 3.29. The van der Waals surface area contributed by atoms with Crippen LogP contribution >= 0.6 is 0 Å². The van der Waals surface area contributed by atoms with Crippen molar-refractivity contribution in [2.45, 2.75) is 37.6 Å². The summed E-state index contributed by atoms with van der Waals surface area (Å²) in [4.78, 5) is 21.6. The highest BCUT2D eigenvalue weighted by Crippen LogP contribution is 2.22. The second-order valence-corrected chi connectivity index (χ2v) is 3.87. The molecule has 18 heavy (non-hydrogen) atoms. The number of hydrogen-bond acceptors (Lipinski definition) is 7. The van der Waals surface area contributed by atoms with E-state index in [0.717, 1.165) is 0 Å². The molecule has 9 heteroatoms. The van der Waals surface area contributed by atoms with E-state index in [-0.39, 0.29) is 0 Å². The second-order valence-electron chi connectivity index (χ2n) is 3.87. The largest absolute Gasteiger partial charge is 0.417 e. The van der Waals surface area contributed by atoms with Crippen molar-refractivity contribution in [3.05, 3.63) is 0 Å². The lowest BCUT2D eigenvalue weighted by molar-refractivity contribution is -0.251. The minimum atomic E-state index is -1.47. The molecule has 0 aromatic rings. The summed E-state index contributed by atoms with van der Waals surface area (Å²) in [6, 6.07) is -1.17. The van der Waals surface area contributed by atoms with Gasteiger partial charge in [0.1, 0.15) is 24.4 Å². The summed E-state index contributed by atoms with van der Waals surface area (Å²) in [5.74, 6) is -0.518. The standard InChI is InChI=1S/C9H16N2O7/c1-3(13)11-5-7(15)6(14)4(2-12)17-8(5)18-9(10)16/h4-8,12,14-15H,2H2,1H3,(H2,10,16)(H,11,13)/t4-,5-,6-,7-,8-/m1/s1. The molecule has 1 aliphatic rings. The van der Waals surface area contributed by atoms with Crippen LogP contribution in [-0.2, 0) is 14.3 Å². The second kappa shape index (κ2) is 5.96. The Bertz CT molecular complexity index is 324. The fourth-order valence-electron chi connectivity index (χ4n) is 1.69. The predicted molar refractivity (Wildman–Crippen MR) is 56.0 cm³/mol. The van der Waals surface area contributed by atoms with Gasteiger partial charge in [-0.3, -0.25) is 4.79 Å². The van der Waals surface area contributed by atoms with Gasteiger partial charge in [-0.2, -0.15) is 0 Å². The molecule has 5 atom stereocenters. The van der Waals surface area contributed by atoms with Crippen LogP contribution in [0.25, 0.3) is 0 Å². The molecule has 1 rings (SSSR count). The number of carbonyl (C=O) groups excluding carboxylic acids is 2. The molecular weight excluding hydrogens is 248 g/mol. The highest BCUT2D eigenvalue weighted by atomic mass is 16.7. The lowest BCUT2D eigenvalue weighted by Crippen LogP contribution is -2.65. The molecule has 6 N–H and O–H groups in total. The molecule has 0 saturated carbocycles. The Morgan fingerprint density at radius 1 is 1.39 bits per heavy atom. The van der Waals surface area contributed by atoms with Gasteiger partial charge in [0.05, 0.1) is 6.61 Å². The summed E-state index contributed by atoms with van der Waals surface area (Å²) in [5.41, 5.74) is 4.82. The van der Waals surface area contributed by atoms with Gasteiger partial charge in [-0.15, -0.1) is 0 Å². The summed E-state index contributed by atoms with van der Waals surface area (Å²) in [6.07, 6.45) is -6.60. The molecule has 0 radical (unpaired) electrons. The number of primary amides is 1. The summed E-state index contributed by atoms with van der Waals surface area (Å²) in [7, 11) is 0. The molecule has 0 aliphatic carbocycles. The average molecular weight is 264 g/mol. The fraction of sp³-hybridized carbons (Fsp3) is 0.778. The minimum Gasteiger partial charge on any atom is -0.417 e. The van der Waals surface area contributed by atoms with Gasteiger partial charge in [-0.1, -0.05) is 0 Å². The quantitative estimate of drug-likeness (QED) is 0.365. The van der Waals surface area contributed by atoms with E-state index in [1.165, 1.54) is 6.92 Å². The third-order valence-corrected chi connectivity index (χ3v) is 2.48. The van der Waals surface area contributed by atoms with Crippen LogP contribution in [0.4, 0.5) is 4.79 Å². The first-order chi connectivity index (χ1) is 8.36. The van der Waals surface area contributed by atoms with E-state index in [4.69, 9.17) is 15.6 Å². The fourth-order valence-corrected chi connectivity index (χ4v) is 1.69. The van der Waals surface area contributed by atoms with Crippen molar-refractivity contribution in [1.82, 2.24) is 5.32 Å². The van der Waals surface area contributed by atoms with Crippen LogP contribution in [-0.4, -0.2) is 64.6 Å². The van der Waals surface area contributed by atoms with Crippen molar-refractivity contribution < 1.29 is 34.4 Å². The maximum Gasteiger partial charge on any atom is 0.406 e. The Hall–Kier alpha value is -1.42. The molecule has 1 aliphatic heterocycles. The number of aliphatic hydroxyl groups is 3. The van der Waals surface area contributed by atoms with Crippen molar-refractivity contribution in [3.8, 4) is 0 Å². The number of hydrogen-bond donors (Lipinski definition) is 5. The van der Waals surface area contributed by atoms with E-state index in [1.54, 1.807) is 0 Å². The molecule has 104 valence electrons. The van der Waals surface area contributed by atoms with Gasteiger partial charge in [0.2, 0.25) is 12.2 Å². The van der Waals surface area contributed by atoms with Gasteiger partial charge in [0, 0.05) is 6.92 Å². The zero-order valence-corrected chi connectivity index (χ0v) is 9.65. The van der Waals surface area contributed by atoms with Crippen LogP contribution < -0.4 is 11.1 Å². The number of aliphatic hydroxyl groups excluding tert-OH is 3. The van der Waals surface area contributed by atoms with Crippen molar-refractivity contribution in [1.29, 1.82) is 0 Å². The van der Waals surface area contributed by atoms with Gasteiger partial charge in [-0.05, 0) is 0 Å². The van der Waals surface area contributed by atoms with E-state index < -0.39 is 49.3 Å². The summed E-state index contributed by atoms with van der Waals surface area (Å²) in [5, 5.41) is 30.6. The highest BCUT2D eigenvalue weighted by molar-refractivity contribution is 5.73. The van der Waals surface area contributed by atoms with Crippen LogP contribution in [0.2, 0.25) is 0 Å². The van der Waals surface area contributed by atoms with E-state index in [9.17, 15) is 19.8 Å². The number of nitrogens with two attached hydrogens (primary N) is 1. The molecule has 1 saturated heterocycles. The zero-order valence-electron chi connectivity index (χ0n) is 9.65. The molecule has 1 heterocycles. The molecule has 2 amide bonds. The predicted octanol–water partition coefficient (Wildman–Crippen LogP) is -2.97. The van der Waals surface area contributed by atoms with Gasteiger partial charge < -0.3 is 35.8 Å². The van der Waals surface area contributed by atoms with Crippen molar-refractivity contribution >= 4 is 12.0 Å². The Morgan fingerprint density at radius 3 is 2.44 bits per heavy atom. The van der Waals surface area contributed by atoms with Crippen molar-refractivity contribution in [2.24, 2.45) is 5.73 Å². The topological polar surface area (TPSA) is 151 Å². The molecule has 0 aromatic heterocycles. The van der Waals surface area contributed by atoms with Gasteiger partial charge in [-0.25, -0.2) is 4.79 Å². The minimum absolute atomic E-state index is 0.518. The number of carbonyl (C=O) groups is 2.